The first-order valence-electron chi connectivity index (χ1n) is 10.1. The molecule has 0 aliphatic rings. The highest BCUT2D eigenvalue weighted by Crippen LogP contribution is 2.35. The Morgan fingerprint density at radius 2 is 1.88 bits per heavy atom. The number of benzene rings is 2. The number of aliphatic hydroxyl groups is 1. The van der Waals surface area contributed by atoms with Gasteiger partial charge in [-0.15, -0.1) is 0 Å². The molecule has 34 heavy (non-hydrogen) atoms. The fourth-order valence-electron chi connectivity index (χ4n) is 3.20. The normalized spacial score (nSPS) is 13.0. The van der Waals surface area contributed by atoms with Crippen LogP contribution in [0.15, 0.2) is 42.6 Å². The fourth-order valence-corrected chi connectivity index (χ4v) is 3.38. The fraction of sp³-hybridized carbons (Fsp3) is 0.304. The number of aryl methyl sites for hydroxylation is 1. The van der Waals surface area contributed by atoms with Gasteiger partial charge >= 0.3 is 6.18 Å². The summed E-state index contributed by atoms with van der Waals surface area (Å²) in [7, 11) is 1.58. The molecule has 1 heterocycles. The predicted octanol–water partition coefficient (Wildman–Crippen LogP) is 5.69. The molecule has 2 N–H and O–H groups in total. The van der Waals surface area contributed by atoms with Gasteiger partial charge in [-0.25, -0.2) is 9.37 Å². The van der Waals surface area contributed by atoms with E-state index in [9.17, 15) is 23.1 Å². The standard InChI is InChI=1S/C23H22ClF4N3O3/c1-12(23(26,27)28)34-19-10-13(18-11-31(4)21(30-18)22(2,3)33)16(25)9-14(19)20(32)29-17-8-6-5-7-15(17)24/h5-12,33H,1-4H3,(H,29,32)/t12-/m0/s1. The molecule has 0 radical (unpaired) electrons. The maximum atomic E-state index is 15.1. The monoisotopic (exact) mass is 499 g/mol. The van der Waals surface area contributed by atoms with Crippen LogP contribution in [0.4, 0.5) is 23.2 Å². The van der Waals surface area contributed by atoms with Gasteiger partial charge in [0.25, 0.3) is 5.91 Å². The largest absolute Gasteiger partial charge is 0.480 e. The Kier molecular flexibility index (Phi) is 6.95. The molecule has 2 aromatic carbocycles. The molecule has 1 amide bonds. The quantitative estimate of drug-likeness (QED) is 0.427. The van der Waals surface area contributed by atoms with Crippen LogP contribution in [0.5, 0.6) is 5.75 Å². The number of nitrogens with zero attached hydrogens (tertiary/aromatic N) is 2. The van der Waals surface area contributed by atoms with Crippen LogP contribution in [-0.4, -0.2) is 32.8 Å². The lowest BCUT2D eigenvalue weighted by Crippen LogP contribution is -2.32. The molecule has 1 aromatic heterocycles. The lowest BCUT2D eigenvalue weighted by Gasteiger charge is -2.20. The summed E-state index contributed by atoms with van der Waals surface area (Å²) in [6, 6.07) is 7.96. The van der Waals surface area contributed by atoms with Crippen molar-refractivity contribution in [2.45, 2.75) is 38.7 Å². The summed E-state index contributed by atoms with van der Waals surface area (Å²) in [4.78, 5) is 17.1. The van der Waals surface area contributed by atoms with Crippen LogP contribution in [-0.2, 0) is 12.6 Å². The molecule has 3 aromatic rings. The van der Waals surface area contributed by atoms with Crippen LogP contribution in [0.2, 0.25) is 5.02 Å². The maximum absolute atomic E-state index is 15.1. The first-order valence-corrected chi connectivity index (χ1v) is 10.5. The van der Waals surface area contributed by atoms with Gasteiger partial charge in [0.1, 0.15) is 23.0 Å². The van der Waals surface area contributed by atoms with Gasteiger partial charge in [0, 0.05) is 18.8 Å². The van der Waals surface area contributed by atoms with E-state index in [-0.39, 0.29) is 27.8 Å². The summed E-state index contributed by atoms with van der Waals surface area (Å²) in [6.45, 7) is 3.74. The molecule has 6 nitrogen and oxygen atoms in total. The van der Waals surface area contributed by atoms with Gasteiger partial charge in [0.05, 0.1) is 22.0 Å². The van der Waals surface area contributed by atoms with Crippen molar-refractivity contribution in [2.24, 2.45) is 7.05 Å². The lowest BCUT2D eigenvalue weighted by atomic mass is 10.1. The zero-order valence-electron chi connectivity index (χ0n) is 18.7. The van der Waals surface area contributed by atoms with Crippen LogP contribution < -0.4 is 10.1 Å². The first kappa shape index (κ1) is 25.5. The molecular formula is C23H22ClF4N3O3. The van der Waals surface area contributed by atoms with Gasteiger partial charge in [-0.1, -0.05) is 23.7 Å². The highest BCUT2D eigenvalue weighted by Gasteiger charge is 2.39. The van der Waals surface area contributed by atoms with Gasteiger partial charge < -0.3 is 19.7 Å². The number of alkyl halides is 3. The summed E-state index contributed by atoms with van der Waals surface area (Å²) >= 11 is 6.03. The minimum Gasteiger partial charge on any atom is -0.480 e. The zero-order valence-corrected chi connectivity index (χ0v) is 19.4. The third-order valence-electron chi connectivity index (χ3n) is 4.90. The third kappa shape index (κ3) is 5.51. The van der Waals surface area contributed by atoms with E-state index in [1.165, 1.54) is 36.7 Å². The van der Waals surface area contributed by atoms with Crippen molar-refractivity contribution in [1.82, 2.24) is 9.55 Å². The molecule has 1 atom stereocenters. The second kappa shape index (κ2) is 9.27. The van der Waals surface area contributed by atoms with E-state index in [0.717, 1.165) is 19.1 Å². The van der Waals surface area contributed by atoms with Crippen molar-refractivity contribution in [3.63, 3.8) is 0 Å². The van der Waals surface area contributed by atoms with Crippen LogP contribution in [0.3, 0.4) is 0 Å². The van der Waals surface area contributed by atoms with E-state index in [2.05, 4.69) is 10.3 Å². The number of para-hydroxylation sites is 1. The van der Waals surface area contributed by atoms with Crippen molar-refractivity contribution in [2.75, 3.05) is 5.32 Å². The highest BCUT2D eigenvalue weighted by molar-refractivity contribution is 6.33. The number of hydrogen-bond acceptors (Lipinski definition) is 4. The molecule has 0 fully saturated rings. The third-order valence-corrected chi connectivity index (χ3v) is 5.23. The Morgan fingerprint density at radius 1 is 1.24 bits per heavy atom. The maximum Gasteiger partial charge on any atom is 0.425 e. The molecule has 0 aliphatic carbocycles. The van der Waals surface area contributed by atoms with E-state index in [1.807, 2.05) is 0 Å². The molecule has 3 rings (SSSR count). The molecule has 0 bridgehead atoms. The molecule has 0 unspecified atom stereocenters. The van der Waals surface area contributed by atoms with Crippen molar-refractivity contribution in [3.05, 3.63) is 64.8 Å². The van der Waals surface area contributed by atoms with E-state index >= 15 is 4.39 Å². The second-order valence-electron chi connectivity index (χ2n) is 8.18. The van der Waals surface area contributed by atoms with Crippen molar-refractivity contribution in [1.29, 1.82) is 0 Å². The topological polar surface area (TPSA) is 76.4 Å². The molecular weight excluding hydrogens is 478 g/mol. The smallest absolute Gasteiger partial charge is 0.425 e. The zero-order chi connectivity index (χ0) is 25.4. The van der Waals surface area contributed by atoms with E-state index in [0.29, 0.717) is 0 Å². The predicted molar refractivity (Wildman–Crippen MR) is 119 cm³/mol. The summed E-state index contributed by atoms with van der Waals surface area (Å²) in [6.07, 6.45) is -5.61. The molecule has 0 saturated carbocycles. The Hall–Kier alpha value is -3.11. The average molecular weight is 500 g/mol. The lowest BCUT2D eigenvalue weighted by molar-refractivity contribution is -0.189. The van der Waals surface area contributed by atoms with E-state index in [1.54, 1.807) is 19.2 Å². The minimum absolute atomic E-state index is 0.0414. The number of carbonyl (C=O) groups excluding carboxylic acids is 1. The SMILES string of the molecule is C[C@H](Oc1cc(-c2cn(C)c(C(C)(C)O)n2)c(F)cc1C(=O)Nc1ccccc1Cl)C(F)(F)F. The second-order valence-corrected chi connectivity index (χ2v) is 8.59. The first-order chi connectivity index (χ1) is 15.7. The van der Waals surface area contributed by atoms with Gasteiger partial charge in [0.15, 0.2) is 6.10 Å². The van der Waals surface area contributed by atoms with Crippen LogP contribution >= 0.6 is 11.6 Å². The summed E-state index contributed by atoms with van der Waals surface area (Å²) in [5.41, 5.74) is -1.80. The van der Waals surface area contributed by atoms with Crippen LogP contribution in [0.1, 0.15) is 37.0 Å². The van der Waals surface area contributed by atoms with E-state index in [4.69, 9.17) is 16.3 Å². The van der Waals surface area contributed by atoms with Crippen molar-refractivity contribution in [3.8, 4) is 17.0 Å². The number of anilines is 1. The van der Waals surface area contributed by atoms with Crippen molar-refractivity contribution < 1.29 is 32.2 Å². The van der Waals surface area contributed by atoms with Crippen LogP contribution in [0.25, 0.3) is 11.3 Å². The number of rotatable bonds is 6. The molecule has 11 heteroatoms. The number of halogens is 5. The molecule has 0 aliphatic heterocycles. The number of ether oxygens (including phenoxy) is 1. The van der Waals surface area contributed by atoms with Crippen LogP contribution in [0, 0.1) is 5.82 Å². The number of amides is 1. The molecule has 0 saturated heterocycles. The highest BCUT2D eigenvalue weighted by atomic mass is 35.5. The van der Waals surface area contributed by atoms with Crippen molar-refractivity contribution >= 4 is 23.2 Å². The number of hydrogen-bond donors (Lipinski definition) is 2. The summed E-state index contributed by atoms with van der Waals surface area (Å²) < 4.78 is 61.2. The Labute approximate surface area is 198 Å². The minimum atomic E-state index is -4.73. The van der Waals surface area contributed by atoms with Gasteiger partial charge in [-0.2, -0.15) is 13.2 Å². The average Bonchev–Trinajstić information content (AvgIpc) is 3.11. The van der Waals surface area contributed by atoms with E-state index < -0.39 is 40.9 Å². The summed E-state index contributed by atoms with van der Waals surface area (Å²) in [5.74, 6) is -2.13. The van der Waals surface area contributed by atoms with Gasteiger partial charge in [-0.3, -0.25) is 4.79 Å². The molecule has 0 spiro atoms. The molecule has 182 valence electrons. The number of nitrogens with one attached hydrogen (secondary N) is 1. The van der Waals surface area contributed by atoms with Gasteiger partial charge in [-0.05, 0) is 45.0 Å². The summed E-state index contributed by atoms with van der Waals surface area (Å²) in [5, 5.41) is 12.9. The number of aromatic nitrogens is 2. The number of imidazole rings is 1. The Balaban J connectivity index is 2.10. The Morgan fingerprint density at radius 3 is 2.44 bits per heavy atom. The Bertz CT molecular complexity index is 1220. The van der Waals surface area contributed by atoms with Gasteiger partial charge in [0.2, 0.25) is 0 Å². The number of carbonyl (C=O) groups is 1.